The molecule has 0 aromatic heterocycles. The first-order valence-electron chi connectivity index (χ1n) is 3.71. The molecule has 0 fully saturated rings. The minimum Gasteiger partial charge on any atom is -0.478 e. The van der Waals surface area contributed by atoms with E-state index in [0.29, 0.717) is 0 Å². The summed E-state index contributed by atoms with van der Waals surface area (Å²) in [6, 6.07) is 0. The second kappa shape index (κ2) is 8.00. The summed E-state index contributed by atoms with van der Waals surface area (Å²) in [6.45, 7) is 9.16. The Morgan fingerprint density at radius 2 is 1.86 bits per heavy atom. The quantitative estimate of drug-likeness (QED) is 0.400. The highest BCUT2D eigenvalue weighted by Gasteiger charge is 2.04. The van der Waals surface area contributed by atoms with Gasteiger partial charge in [-0.2, -0.15) is 0 Å². The lowest BCUT2D eigenvalue weighted by Gasteiger charge is -2.04. The lowest BCUT2D eigenvalue weighted by Crippen LogP contribution is -2.13. The number of hydrogen-bond acceptors (Lipinski definition) is 4. The Labute approximate surface area is 82.3 Å². The van der Waals surface area contributed by atoms with E-state index < -0.39 is 18.2 Å². The predicted octanol–water partition coefficient (Wildman–Crippen LogP) is 0.701. The molecule has 0 aromatic rings. The van der Waals surface area contributed by atoms with Crippen molar-refractivity contribution in [1.82, 2.24) is 0 Å². The van der Waals surface area contributed by atoms with Gasteiger partial charge in [-0.15, -0.1) is 0 Å². The van der Waals surface area contributed by atoms with Crippen LogP contribution < -0.4 is 0 Å². The molecule has 0 aliphatic heterocycles. The Morgan fingerprint density at radius 3 is 1.93 bits per heavy atom. The third-order valence-electron chi connectivity index (χ3n) is 0.801. The summed E-state index contributed by atoms with van der Waals surface area (Å²) in [5.41, 5.74) is 0.288. The number of hydrogen-bond donors (Lipinski definition) is 2. The Balaban J connectivity index is 0. The minimum atomic E-state index is -1.05. The average Bonchev–Trinajstić information content (AvgIpc) is 2.04. The van der Waals surface area contributed by atoms with E-state index in [1.54, 1.807) is 0 Å². The fourth-order valence-corrected chi connectivity index (χ4v) is 0.255. The molecule has 0 rings (SSSR count). The Hall–Kier alpha value is -1.62. The van der Waals surface area contributed by atoms with E-state index in [9.17, 15) is 9.59 Å². The van der Waals surface area contributed by atoms with Crippen LogP contribution in [-0.4, -0.2) is 28.4 Å². The lowest BCUT2D eigenvalue weighted by molar-refractivity contribution is -0.159. The van der Waals surface area contributed by atoms with Crippen LogP contribution in [0.25, 0.3) is 0 Å². The van der Waals surface area contributed by atoms with E-state index in [4.69, 9.17) is 10.2 Å². The Bertz CT molecular complexity index is 229. The number of carbonyl (C=O) groups is 2. The number of esters is 1. The number of aliphatic carboxylic acids is 1. The van der Waals surface area contributed by atoms with Gasteiger partial charge in [0.15, 0.2) is 6.29 Å². The summed E-state index contributed by atoms with van der Waals surface area (Å²) in [4.78, 5) is 19.7. The zero-order valence-corrected chi connectivity index (χ0v) is 8.19. The van der Waals surface area contributed by atoms with Crippen molar-refractivity contribution in [3.63, 3.8) is 0 Å². The summed E-state index contributed by atoms with van der Waals surface area (Å²) in [5, 5.41) is 16.1. The monoisotopic (exact) mass is 202 g/mol. The molecule has 2 N–H and O–H groups in total. The van der Waals surface area contributed by atoms with Gasteiger partial charge in [0, 0.05) is 11.6 Å². The molecule has 0 aliphatic carbocycles. The lowest BCUT2D eigenvalue weighted by atomic mass is 10.4. The highest BCUT2D eigenvalue weighted by molar-refractivity contribution is 5.86. The largest absolute Gasteiger partial charge is 0.478 e. The van der Waals surface area contributed by atoms with Gasteiger partial charge in [-0.3, -0.25) is 0 Å². The van der Waals surface area contributed by atoms with Crippen molar-refractivity contribution >= 4 is 11.9 Å². The molecule has 80 valence electrons. The molecule has 5 heteroatoms. The maximum absolute atomic E-state index is 10.5. The number of aliphatic hydroxyl groups excluding tert-OH is 1. The molecule has 5 nitrogen and oxygen atoms in total. The van der Waals surface area contributed by atoms with Crippen LogP contribution in [0, 0.1) is 0 Å². The van der Waals surface area contributed by atoms with Crippen molar-refractivity contribution in [2.75, 3.05) is 0 Å². The van der Waals surface area contributed by atoms with Crippen LogP contribution in [0.5, 0.6) is 0 Å². The number of carboxylic acids is 1. The molecule has 14 heavy (non-hydrogen) atoms. The average molecular weight is 202 g/mol. The van der Waals surface area contributed by atoms with Crippen molar-refractivity contribution in [3.8, 4) is 0 Å². The highest BCUT2D eigenvalue weighted by Crippen LogP contribution is 1.94. The fraction of sp³-hybridized carbons (Fsp3) is 0.333. The molecule has 1 unspecified atom stereocenters. The van der Waals surface area contributed by atoms with Gasteiger partial charge in [-0.25, -0.2) is 9.59 Å². The molecule has 0 spiro atoms. The maximum atomic E-state index is 10.5. The number of carboxylic acid groups (broad SMARTS) is 1. The van der Waals surface area contributed by atoms with Gasteiger partial charge in [0.05, 0.1) is 0 Å². The number of ether oxygens (including phenoxy) is 1. The van der Waals surface area contributed by atoms with E-state index in [2.05, 4.69) is 17.9 Å². The number of aliphatic hydroxyl groups is 1. The topological polar surface area (TPSA) is 83.8 Å². The first-order chi connectivity index (χ1) is 6.31. The van der Waals surface area contributed by atoms with Crippen molar-refractivity contribution in [3.05, 3.63) is 24.8 Å². The van der Waals surface area contributed by atoms with E-state index >= 15 is 0 Å². The van der Waals surface area contributed by atoms with E-state index in [-0.39, 0.29) is 5.57 Å². The normalized spacial score (nSPS) is 10.2. The van der Waals surface area contributed by atoms with Gasteiger partial charge in [-0.05, 0) is 13.8 Å². The molecule has 0 radical (unpaired) electrons. The molecule has 0 saturated heterocycles. The molecule has 0 bridgehead atoms. The summed E-state index contributed by atoms with van der Waals surface area (Å²) in [6.07, 6.45) is -0.214. The molecule has 0 aliphatic rings. The zero-order valence-electron chi connectivity index (χ0n) is 8.19. The second-order valence-electron chi connectivity index (χ2n) is 2.33. The third-order valence-corrected chi connectivity index (χ3v) is 0.801. The van der Waals surface area contributed by atoms with Gasteiger partial charge in [-0.1, -0.05) is 13.2 Å². The fourth-order valence-electron chi connectivity index (χ4n) is 0.255. The van der Waals surface area contributed by atoms with Crippen molar-refractivity contribution in [2.24, 2.45) is 0 Å². The molecule has 1 atom stereocenters. The minimum absolute atomic E-state index is 0.288. The van der Waals surface area contributed by atoms with Crippen LogP contribution in [0.15, 0.2) is 24.8 Å². The Morgan fingerprint density at radius 1 is 1.50 bits per heavy atom. The van der Waals surface area contributed by atoms with Crippen molar-refractivity contribution in [1.29, 1.82) is 0 Å². The van der Waals surface area contributed by atoms with Crippen molar-refractivity contribution < 1.29 is 24.5 Å². The number of rotatable bonds is 3. The second-order valence-corrected chi connectivity index (χ2v) is 2.33. The van der Waals surface area contributed by atoms with E-state index in [1.165, 1.54) is 13.8 Å². The first-order valence-corrected chi connectivity index (χ1v) is 3.71. The SMILES string of the molecule is C=C(C)C(=O)OC(C)O.C=CC(=O)O. The molecular formula is C9H14O5. The van der Waals surface area contributed by atoms with Crippen LogP contribution in [0.3, 0.4) is 0 Å². The van der Waals surface area contributed by atoms with E-state index in [0.717, 1.165) is 6.08 Å². The predicted molar refractivity (Wildman–Crippen MR) is 50.4 cm³/mol. The summed E-state index contributed by atoms with van der Waals surface area (Å²) in [7, 11) is 0. The van der Waals surface area contributed by atoms with Crippen LogP contribution in [-0.2, 0) is 14.3 Å². The van der Waals surface area contributed by atoms with Crippen LogP contribution in [0.4, 0.5) is 0 Å². The molecule has 0 heterocycles. The van der Waals surface area contributed by atoms with Crippen molar-refractivity contribution in [2.45, 2.75) is 20.1 Å². The number of carbonyl (C=O) groups excluding carboxylic acids is 1. The Kier molecular flexibility index (Phi) is 8.50. The third kappa shape index (κ3) is 13.0. The zero-order chi connectivity index (χ0) is 11.7. The maximum Gasteiger partial charge on any atom is 0.335 e. The standard InChI is InChI=1S/C6H10O3.C3H4O2/c1-4(2)6(8)9-5(3)7;1-2-3(4)5/h5,7H,1H2,2-3H3;2H,1H2,(H,4,5). The van der Waals surface area contributed by atoms with Gasteiger partial charge in [0.2, 0.25) is 0 Å². The summed E-state index contributed by atoms with van der Waals surface area (Å²) >= 11 is 0. The van der Waals surface area contributed by atoms with Gasteiger partial charge < -0.3 is 14.9 Å². The highest BCUT2D eigenvalue weighted by atomic mass is 16.6. The van der Waals surface area contributed by atoms with E-state index in [1.807, 2.05) is 0 Å². The van der Waals surface area contributed by atoms with Crippen LogP contribution >= 0.6 is 0 Å². The van der Waals surface area contributed by atoms with Gasteiger partial charge in [0.1, 0.15) is 0 Å². The van der Waals surface area contributed by atoms with Gasteiger partial charge >= 0.3 is 11.9 Å². The first kappa shape index (κ1) is 14.9. The molecule has 0 saturated carbocycles. The molecule has 0 amide bonds. The van der Waals surface area contributed by atoms with Crippen LogP contribution in [0.2, 0.25) is 0 Å². The molecular weight excluding hydrogens is 188 g/mol. The summed E-state index contributed by atoms with van der Waals surface area (Å²) in [5.74, 6) is -1.55. The smallest absolute Gasteiger partial charge is 0.335 e. The van der Waals surface area contributed by atoms with Gasteiger partial charge in [0.25, 0.3) is 0 Å². The van der Waals surface area contributed by atoms with Crippen LogP contribution in [0.1, 0.15) is 13.8 Å². The summed E-state index contributed by atoms with van der Waals surface area (Å²) < 4.78 is 4.33. The molecule has 0 aromatic carbocycles.